The molecule has 1 atom stereocenters. The predicted octanol–water partition coefficient (Wildman–Crippen LogP) is 3.66. The van der Waals surface area contributed by atoms with E-state index in [4.69, 9.17) is 13.9 Å². The monoisotopic (exact) mass is 394 g/mol. The van der Waals surface area contributed by atoms with Gasteiger partial charge in [0.2, 0.25) is 5.78 Å². The topological polar surface area (TPSA) is 89.8 Å². The number of hydrogen-bond donors (Lipinski definition) is 2. The van der Waals surface area contributed by atoms with E-state index in [1.54, 1.807) is 43.5 Å². The number of furan rings is 1. The Morgan fingerprint density at radius 3 is 2.38 bits per heavy atom. The quantitative estimate of drug-likeness (QED) is 0.448. The van der Waals surface area contributed by atoms with Crippen molar-refractivity contribution in [2.24, 2.45) is 0 Å². The summed E-state index contributed by atoms with van der Waals surface area (Å²) in [6.07, 6.45) is 0.351. The maximum Gasteiger partial charge on any atom is 0.288 e. The Labute approximate surface area is 168 Å². The van der Waals surface area contributed by atoms with E-state index in [-0.39, 0.29) is 11.5 Å². The van der Waals surface area contributed by atoms with Gasteiger partial charge in [0.15, 0.2) is 11.9 Å². The van der Waals surface area contributed by atoms with Gasteiger partial charge < -0.3 is 24.5 Å². The number of carbonyl (C=O) groups is 2. The molecule has 29 heavy (non-hydrogen) atoms. The first-order chi connectivity index (χ1) is 14.0. The van der Waals surface area contributed by atoms with E-state index in [0.717, 1.165) is 5.56 Å². The van der Waals surface area contributed by atoms with Crippen molar-refractivity contribution in [1.29, 1.82) is 0 Å². The number of aryl methyl sites for hydroxylation is 1. The molecule has 150 valence electrons. The lowest BCUT2D eigenvalue weighted by atomic mass is 10.1. The van der Waals surface area contributed by atoms with E-state index in [9.17, 15) is 9.59 Å². The average Bonchev–Trinajstić information content (AvgIpc) is 3.28. The number of anilines is 1. The third-order valence-corrected chi connectivity index (χ3v) is 4.33. The summed E-state index contributed by atoms with van der Waals surface area (Å²) in [5.74, 6) is 0.366. The highest BCUT2D eigenvalue weighted by atomic mass is 16.5. The van der Waals surface area contributed by atoms with E-state index >= 15 is 0 Å². The summed E-state index contributed by atoms with van der Waals surface area (Å²) in [5.41, 5.74) is 2.02. The number of ether oxygens (including phenoxy) is 2. The number of benzene rings is 2. The minimum atomic E-state index is -1.04. The first-order valence-corrected chi connectivity index (χ1v) is 8.95. The molecule has 0 aliphatic carbocycles. The van der Waals surface area contributed by atoms with Crippen LogP contribution in [0.1, 0.15) is 26.5 Å². The van der Waals surface area contributed by atoms with Crippen molar-refractivity contribution in [3.05, 3.63) is 77.7 Å². The number of amides is 1. The van der Waals surface area contributed by atoms with Crippen LogP contribution in [0.5, 0.6) is 11.5 Å². The van der Waals surface area contributed by atoms with Crippen molar-refractivity contribution < 1.29 is 23.5 Å². The smallest absolute Gasteiger partial charge is 0.288 e. The van der Waals surface area contributed by atoms with Gasteiger partial charge in [0.05, 0.1) is 26.2 Å². The van der Waals surface area contributed by atoms with Crippen molar-refractivity contribution in [3.63, 3.8) is 0 Å². The molecule has 7 nitrogen and oxygen atoms in total. The van der Waals surface area contributed by atoms with Crippen LogP contribution in [0, 0.1) is 6.92 Å². The molecular weight excluding hydrogens is 372 g/mol. The van der Waals surface area contributed by atoms with Crippen LogP contribution < -0.4 is 20.1 Å². The second-order valence-corrected chi connectivity index (χ2v) is 6.32. The van der Waals surface area contributed by atoms with Gasteiger partial charge >= 0.3 is 0 Å². The number of Topliss-reactive ketones (excluding diaryl/α,β-unsaturated/α-hetero) is 1. The molecule has 0 unspecified atom stereocenters. The van der Waals surface area contributed by atoms with Crippen molar-refractivity contribution in [3.8, 4) is 11.5 Å². The van der Waals surface area contributed by atoms with E-state index in [1.807, 2.05) is 19.1 Å². The summed E-state index contributed by atoms with van der Waals surface area (Å²) < 4.78 is 15.7. The summed E-state index contributed by atoms with van der Waals surface area (Å²) in [6.45, 7) is 1.94. The van der Waals surface area contributed by atoms with Gasteiger partial charge in [-0.1, -0.05) is 29.8 Å². The van der Waals surface area contributed by atoms with Crippen LogP contribution in [-0.2, 0) is 0 Å². The molecule has 0 bridgehead atoms. The zero-order valence-corrected chi connectivity index (χ0v) is 16.4. The molecule has 7 heteroatoms. The molecule has 1 aromatic heterocycles. The van der Waals surface area contributed by atoms with E-state index in [1.165, 1.54) is 19.4 Å². The average molecular weight is 394 g/mol. The molecule has 1 amide bonds. The Morgan fingerprint density at radius 1 is 1.00 bits per heavy atom. The standard InChI is InChI=1S/C22H22N2O5/c1-14-6-8-15(9-7-14)20(25)21(24-22(26)18-5-4-12-29-18)23-17-11-10-16(27-2)13-19(17)28-3/h4-13,21,23H,1-3H3,(H,24,26)/t21-/m1/s1. The predicted molar refractivity (Wildman–Crippen MR) is 109 cm³/mol. The second kappa shape index (κ2) is 8.97. The molecule has 2 N–H and O–H groups in total. The van der Waals surface area contributed by atoms with Crippen molar-refractivity contribution in [2.75, 3.05) is 19.5 Å². The van der Waals surface area contributed by atoms with Crippen LogP contribution in [0.15, 0.2) is 65.3 Å². The number of rotatable bonds is 8. The molecule has 1 heterocycles. The number of carbonyl (C=O) groups excluding carboxylic acids is 2. The normalized spacial score (nSPS) is 11.4. The summed E-state index contributed by atoms with van der Waals surface area (Å²) in [6, 6.07) is 15.4. The zero-order chi connectivity index (χ0) is 20.8. The molecule has 0 saturated heterocycles. The summed E-state index contributed by atoms with van der Waals surface area (Å²) in [7, 11) is 3.06. The highest BCUT2D eigenvalue weighted by molar-refractivity contribution is 6.05. The van der Waals surface area contributed by atoms with E-state index < -0.39 is 12.1 Å². The maximum atomic E-state index is 13.1. The van der Waals surface area contributed by atoms with Gasteiger partial charge in [-0.3, -0.25) is 9.59 Å². The molecule has 3 rings (SSSR count). The molecule has 2 aromatic carbocycles. The molecule has 0 saturated carbocycles. The van der Waals surface area contributed by atoms with Gasteiger partial charge in [-0.15, -0.1) is 0 Å². The van der Waals surface area contributed by atoms with Crippen molar-refractivity contribution in [1.82, 2.24) is 5.32 Å². The fourth-order valence-electron chi connectivity index (χ4n) is 2.73. The number of nitrogens with one attached hydrogen (secondary N) is 2. The van der Waals surface area contributed by atoms with Crippen molar-refractivity contribution in [2.45, 2.75) is 13.1 Å². The first kappa shape index (κ1) is 20.0. The molecule has 3 aromatic rings. The molecule has 0 radical (unpaired) electrons. The van der Waals surface area contributed by atoms with Gasteiger partial charge in [0.25, 0.3) is 5.91 Å². The third-order valence-electron chi connectivity index (χ3n) is 4.33. The molecular formula is C22H22N2O5. The second-order valence-electron chi connectivity index (χ2n) is 6.32. The Kier molecular flexibility index (Phi) is 6.19. The molecule has 0 aliphatic rings. The number of ketones is 1. The van der Waals surface area contributed by atoms with Crippen LogP contribution in [-0.4, -0.2) is 32.1 Å². The third kappa shape index (κ3) is 4.76. The van der Waals surface area contributed by atoms with Crippen LogP contribution in [0.2, 0.25) is 0 Å². The van der Waals surface area contributed by atoms with Gasteiger partial charge in [-0.25, -0.2) is 0 Å². The van der Waals surface area contributed by atoms with Crippen LogP contribution in [0.4, 0.5) is 5.69 Å². The summed E-state index contributed by atoms with van der Waals surface area (Å²) in [4.78, 5) is 25.6. The Hall–Kier alpha value is -3.74. The fourth-order valence-corrected chi connectivity index (χ4v) is 2.73. The lowest BCUT2D eigenvalue weighted by Crippen LogP contribution is -2.46. The van der Waals surface area contributed by atoms with Crippen LogP contribution >= 0.6 is 0 Å². The first-order valence-electron chi connectivity index (χ1n) is 8.95. The Bertz CT molecular complexity index is 981. The van der Waals surface area contributed by atoms with Gasteiger partial charge in [0, 0.05) is 11.6 Å². The van der Waals surface area contributed by atoms with Gasteiger partial charge in [-0.2, -0.15) is 0 Å². The number of hydrogen-bond acceptors (Lipinski definition) is 6. The van der Waals surface area contributed by atoms with Crippen molar-refractivity contribution >= 4 is 17.4 Å². The minimum Gasteiger partial charge on any atom is -0.497 e. The van der Waals surface area contributed by atoms with E-state index in [0.29, 0.717) is 22.7 Å². The Balaban J connectivity index is 1.90. The Morgan fingerprint density at radius 2 is 1.76 bits per heavy atom. The minimum absolute atomic E-state index is 0.107. The largest absolute Gasteiger partial charge is 0.497 e. The highest BCUT2D eigenvalue weighted by Gasteiger charge is 2.25. The van der Waals surface area contributed by atoms with Gasteiger partial charge in [0.1, 0.15) is 11.5 Å². The summed E-state index contributed by atoms with van der Waals surface area (Å²) in [5, 5.41) is 5.73. The zero-order valence-electron chi connectivity index (χ0n) is 16.4. The van der Waals surface area contributed by atoms with Gasteiger partial charge in [-0.05, 0) is 31.2 Å². The molecule has 0 aliphatic heterocycles. The lowest BCUT2D eigenvalue weighted by molar-refractivity contribution is 0.0852. The number of methoxy groups -OCH3 is 2. The van der Waals surface area contributed by atoms with Crippen LogP contribution in [0.25, 0.3) is 0 Å². The lowest BCUT2D eigenvalue weighted by Gasteiger charge is -2.21. The SMILES string of the molecule is COc1ccc(N[C@H](NC(=O)c2ccco2)C(=O)c2ccc(C)cc2)c(OC)c1. The van der Waals surface area contributed by atoms with E-state index in [2.05, 4.69) is 10.6 Å². The summed E-state index contributed by atoms with van der Waals surface area (Å²) >= 11 is 0. The maximum absolute atomic E-state index is 13.1. The van der Waals surface area contributed by atoms with Crippen LogP contribution in [0.3, 0.4) is 0 Å². The highest BCUT2D eigenvalue weighted by Crippen LogP contribution is 2.29. The molecule has 0 fully saturated rings. The molecule has 0 spiro atoms. The fraction of sp³-hybridized carbons (Fsp3) is 0.182.